The van der Waals surface area contributed by atoms with E-state index in [4.69, 9.17) is 0 Å². The van der Waals surface area contributed by atoms with Crippen LogP contribution in [0, 0.1) is 6.42 Å². The number of allylic oxidation sites excluding steroid dienone is 5. The van der Waals surface area contributed by atoms with Crippen LogP contribution in [0.2, 0.25) is 0 Å². The molecule has 0 spiro atoms. The maximum Gasteiger partial charge on any atom is 0.0255 e. The normalized spacial score (nSPS) is 14.9. The van der Waals surface area contributed by atoms with E-state index in [1.807, 2.05) is 18.6 Å². The van der Waals surface area contributed by atoms with Crippen LogP contribution in [-0.2, 0) is 19.5 Å². The van der Waals surface area contributed by atoms with E-state index in [-0.39, 0.29) is 36.5 Å². The Morgan fingerprint density at radius 1 is 1.40 bits per heavy atom. The predicted octanol–water partition coefficient (Wildman–Crippen LogP) is -0.363. The molecule has 51 valence electrons. The predicted molar refractivity (Wildman–Crippen MR) is 44.7 cm³/mol. The van der Waals surface area contributed by atoms with Crippen molar-refractivity contribution in [2.45, 2.75) is 0 Å². The molecular formula is C7H6BrIZn-. The summed E-state index contributed by atoms with van der Waals surface area (Å²) in [6, 6.07) is 0. The van der Waals surface area contributed by atoms with Crippen LogP contribution in [0.5, 0.6) is 0 Å². The Hall–Kier alpha value is 1.05. The maximum atomic E-state index is 3.78. The van der Waals surface area contributed by atoms with E-state index < -0.39 is 0 Å². The average molecular weight is 362 g/mol. The molecule has 0 amide bonds. The van der Waals surface area contributed by atoms with Crippen molar-refractivity contribution < 1.29 is 36.5 Å². The topological polar surface area (TPSA) is 0 Å². The van der Waals surface area contributed by atoms with Crippen LogP contribution in [-0.4, -0.2) is 0 Å². The Balaban J connectivity index is 0. The van der Waals surface area contributed by atoms with Gasteiger partial charge in [0.2, 0.25) is 0 Å². The Kier molecular flexibility index (Phi) is 9.19. The molecule has 0 aromatic rings. The molecule has 1 aliphatic rings. The summed E-state index contributed by atoms with van der Waals surface area (Å²) in [7, 11) is 0. The van der Waals surface area contributed by atoms with Gasteiger partial charge in [-0.05, 0) is 31.7 Å². The number of halogens is 2. The first-order chi connectivity index (χ1) is 3.79. The van der Waals surface area contributed by atoms with Gasteiger partial charge in [0.25, 0.3) is 0 Å². The Morgan fingerprint density at radius 3 is 2.30 bits per heavy atom. The van der Waals surface area contributed by atoms with Gasteiger partial charge < -0.3 is 17.0 Å². The molecule has 1 radical (unpaired) electrons. The third kappa shape index (κ3) is 4.81. The van der Waals surface area contributed by atoms with E-state index in [1.54, 1.807) is 0 Å². The molecule has 0 aromatic heterocycles. The molecule has 0 aliphatic heterocycles. The van der Waals surface area contributed by atoms with Gasteiger partial charge in [-0.1, -0.05) is 24.8 Å². The molecule has 0 nitrogen and oxygen atoms in total. The maximum absolute atomic E-state index is 3.78. The van der Waals surface area contributed by atoms with Crippen molar-refractivity contribution in [3.63, 3.8) is 0 Å². The van der Waals surface area contributed by atoms with Crippen molar-refractivity contribution in [1.82, 2.24) is 0 Å². The minimum atomic E-state index is 0. The summed E-state index contributed by atoms with van der Waals surface area (Å²) in [4.78, 5) is 0. The van der Waals surface area contributed by atoms with Crippen molar-refractivity contribution in [2.75, 3.05) is 0 Å². The number of hydrogen-bond donors (Lipinski definition) is 0. The summed E-state index contributed by atoms with van der Waals surface area (Å²) in [5.74, 6) is 0. The molecule has 3 heteroatoms. The molecule has 10 heavy (non-hydrogen) atoms. The molecule has 0 aromatic carbocycles. The van der Waals surface area contributed by atoms with Crippen LogP contribution >= 0.6 is 22.6 Å². The van der Waals surface area contributed by atoms with Crippen LogP contribution in [0.15, 0.2) is 34.0 Å². The molecule has 0 N–H and O–H groups in total. The third-order valence-electron chi connectivity index (χ3n) is 0.889. The van der Waals surface area contributed by atoms with Gasteiger partial charge in [0.1, 0.15) is 0 Å². The fraction of sp³-hybridized carbons (Fsp3) is 0. The van der Waals surface area contributed by atoms with Gasteiger partial charge in [-0.15, -0.1) is 0 Å². The second-order valence-corrected chi connectivity index (χ2v) is 2.88. The molecule has 0 unspecified atom stereocenters. The van der Waals surface area contributed by atoms with E-state index in [1.165, 1.54) is 3.58 Å². The van der Waals surface area contributed by atoms with E-state index in [2.05, 4.69) is 35.2 Å². The van der Waals surface area contributed by atoms with Crippen LogP contribution < -0.4 is 17.0 Å². The Morgan fingerprint density at radius 2 is 2.00 bits per heavy atom. The van der Waals surface area contributed by atoms with E-state index in [0.717, 1.165) is 5.57 Å². The molecule has 0 saturated heterocycles. The van der Waals surface area contributed by atoms with Gasteiger partial charge >= 0.3 is 0 Å². The summed E-state index contributed by atoms with van der Waals surface area (Å²) in [6.45, 7) is 3.78. The molecular weight excluding hydrogens is 356 g/mol. The summed E-state index contributed by atoms with van der Waals surface area (Å²) < 4.78 is 1.25. The van der Waals surface area contributed by atoms with Gasteiger partial charge in [0.15, 0.2) is 0 Å². The second-order valence-electron chi connectivity index (χ2n) is 1.63. The Labute approximate surface area is 98.5 Å². The molecule has 0 saturated carbocycles. The van der Waals surface area contributed by atoms with Gasteiger partial charge in [-0.25, -0.2) is 0 Å². The van der Waals surface area contributed by atoms with Crippen LogP contribution in [0.1, 0.15) is 0 Å². The standard InChI is InChI=1S/C7H6I.BrH.Zn/c1-6-3-2-4-7(8)5-6;;/h2-5H,1H2;1H;/p-1. The smallest absolute Gasteiger partial charge is 0.0255 e. The molecule has 0 atom stereocenters. The van der Waals surface area contributed by atoms with Gasteiger partial charge in [0.05, 0.1) is 0 Å². The number of hydrogen-bond acceptors (Lipinski definition) is 0. The molecule has 1 rings (SSSR count). The van der Waals surface area contributed by atoms with Gasteiger partial charge in [-0.2, -0.15) is 0 Å². The third-order valence-corrected chi connectivity index (χ3v) is 1.56. The van der Waals surface area contributed by atoms with Crippen molar-refractivity contribution in [1.29, 1.82) is 0 Å². The zero-order chi connectivity index (χ0) is 5.98. The Bertz CT molecular complexity index is 172. The fourth-order valence-corrected chi connectivity index (χ4v) is 1.14. The average Bonchev–Trinajstić information content (AvgIpc) is 1.64. The first kappa shape index (κ1) is 13.6. The van der Waals surface area contributed by atoms with E-state index in [0.29, 0.717) is 0 Å². The first-order valence-electron chi connectivity index (χ1n) is 2.36. The van der Waals surface area contributed by atoms with Crippen molar-refractivity contribution >= 4 is 22.6 Å². The van der Waals surface area contributed by atoms with Gasteiger partial charge in [0, 0.05) is 25.9 Å². The largest absolute Gasteiger partial charge is 1.00 e. The minimum absolute atomic E-state index is 0. The minimum Gasteiger partial charge on any atom is -1.00 e. The van der Waals surface area contributed by atoms with Crippen LogP contribution in [0.3, 0.4) is 0 Å². The van der Waals surface area contributed by atoms with Crippen molar-refractivity contribution in [3.8, 4) is 0 Å². The first-order valence-corrected chi connectivity index (χ1v) is 3.44. The van der Waals surface area contributed by atoms with Crippen molar-refractivity contribution in [2.24, 2.45) is 0 Å². The second kappa shape index (κ2) is 6.74. The molecule has 1 aliphatic carbocycles. The van der Waals surface area contributed by atoms with E-state index in [9.17, 15) is 0 Å². The monoisotopic (exact) mass is 360 g/mol. The SMILES string of the molecule is C=C1[CH]C(I)=CC=C1.[Br-].[Zn]. The van der Waals surface area contributed by atoms with E-state index >= 15 is 0 Å². The summed E-state index contributed by atoms with van der Waals surface area (Å²) in [5.41, 5.74) is 1.08. The zero-order valence-corrected chi connectivity index (χ0v) is 12.2. The fourth-order valence-electron chi connectivity index (χ4n) is 0.537. The summed E-state index contributed by atoms with van der Waals surface area (Å²) in [6.07, 6.45) is 8.09. The van der Waals surface area contributed by atoms with Gasteiger partial charge in [-0.3, -0.25) is 0 Å². The summed E-state index contributed by atoms with van der Waals surface area (Å²) >= 11 is 2.27. The summed E-state index contributed by atoms with van der Waals surface area (Å²) in [5, 5.41) is 0. The zero-order valence-electron chi connectivity index (χ0n) is 5.48. The molecule has 0 fully saturated rings. The van der Waals surface area contributed by atoms with Crippen LogP contribution in [0.25, 0.3) is 0 Å². The molecule has 0 bridgehead atoms. The van der Waals surface area contributed by atoms with Crippen LogP contribution in [0.4, 0.5) is 0 Å². The molecule has 0 heterocycles. The van der Waals surface area contributed by atoms with Crippen molar-refractivity contribution in [3.05, 3.63) is 40.4 Å². The quantitative estimate of drug-likeness (QED) is 0.408. The number of rotatable bonds is 0.